The van der Waals surface area contributed by atoms with E-state index in [-0.39, 0.29) is 0 Å². The first-order chi connectivity index (χ1) is 9.63. The molecule has 20 heavy (non-hydrogen) atoms. The van der Waals surface area contributed by atoms with Crippen LogP contribution in [0.4, 0.5) is 0 Å². The van der Waals surface area contributed by atoms with E-state index in [1.807, 2.05) is 23.5 Å². The highest BCUT2D eigenvalue weighted by molar-refractivity contribution is 9.11. The number of hydrogen-bond donors (Lipinski definition) is 1. The number of thiophene rings is 1. The van der Waals surface area contributed by atoms with E-state index < -0.39 is 0 Å². The van der Waals surface area contributed by atoms with Crippen LogP contribution in [-0.2, 0) is 6.42 Å². The number of nitrogens with one attached hydrogen (secondary N) is 1. The number of aryl methyl sites for hydroxylation is 1. The normalized spacial score (nSPS) is 19.6. The molecule has 1 aromatic heterocycles. The van der Waals surface area contributed by atoms with Crippen LogP contribution in [0.2, 0.25) is 5.02 Å². The molecule has 1 aromatic carbocycles. The van der Waals surface area contributed by atoms with Gasteiger partial charge in [0, 0.05) is 22.0 Å². The van der Waals surface area contributed by atoms with Crippen LogP contribution in [0.15, 0.2) is 34.1 Å². The standard InChI is InChI=1S/C16H17BrClNS/c1-10(11-5-7-12(18)8-6-11)19-14-3-2-4-15-13(14)9-16(17)20-15/h5-10,14,19H,2-4H2,1H3/t10-,14?/m0/s1. The van der Waals surface area contributed by atoms with Crippen molar-refractivity contribution in [2.75, 3.05) is 0 Å². The fraction of sp³-hybridized carbons (Fsp3) is 0.375. The lowest BCUT2D eigenvalue weighted by molar-refractivity contribution is 0.418. The highest BCUT2D eigenvalue weighted by Crippen LogP contribution is 2.38. The average Bonchev–Trinajstić information content (AvgIpc) is 2.81. The molecule has 0 saturated carbocycles. The smallest absolute Gasteiger partial charge is 0.0704 e. The summed E-state index contributed by atoms with van der Waals surface area (Å²) in [6.07, 6.45) is 3.71. The number of halogens is 2. The van der Waals surface area contributed by atoms with Crippen LogP contribution >= 0.6 is 38.9 Å². The van der Waals surface area contributed by atoms with Crippen molar-refractivity contribution in [3.05, 3.63) is 55.1 Å². The Labute approximate surface area is 137 Å². The molecule has 4 heteroatoms. The van der Waals surface area contributed by atoms with Gasteiger partial charge < -0.3 is 5.32 Å². The lowest BCUT2D eigenvalue weighted by Gasteiger charge is -2.27. The first kappa shape index (κ1) is 14.6. The quantitative estimate of drug-likeness (QED) is 0.710. The summed E-state index contributed by atoms with van der Waals surface area (Å²) in [6, 6.07) is 11.2. The predicted molar refractivity (Wildman–Crippen MR) is 90.7 cm³/mol. The molecule has 0 amide bonds. The summed E-state index contributed by atoms with van der Waals surface area (Å²) in [5, 5.41) is 4.56. The highest BCUT2D eigenvalue weighted by Gasteiger charge is 2.24. The molecule has 0 bridgehead atoms. The molecule has 0 fully saturated rings. The van der Waals surface area contributed by atoms with Crippen LogP contribution < -0.4 is 5.32 Å². The van der Waals surface area contributed by atoms with Gasteiger partial charge >= 0.3 is 0 Å². The summed E-state index contributed by atoms with van der Waals surface area (Å²) < 4.78 is 1.25. The average molecular weight is 371 g/mol. The minimum absolute atomic E-state index is 0.335. The summed E-state index contributed by atoms with van der Waals surface area (Å²) in [5.74, 6) is 0. The number of benzene rings is 1. The molecule has 2 atom stereocenters. The second-order valence-electron chi connectivity index (χ2n) is 5.31. The Morgan fingerprint density at radius 1 is 1.35 bits per heavy atom. The van der Waals surface area contributed by atoms with Gasteiger partial charge in [0.1, 0.15) is 0 Å². The molecular formula is C16H17BrClNS. The van der Waals surface area contributed by atoms with Crippen molar-refractivity contribution in [2.45, 2.75) is 38.3 Å². The third-order valence-corrected chi connectivity index (χ3v) is 5.87. The topological polar surface area (TPSA) is 12.0 Å². The molecule has 0 saturated heterocycles. The minimum atomic E-state index is 0.335. The first-order valence-corrected chi connectivity index (χ1v) is 8.92. The molecule has 0 radical (unpaired) electrons. The molecule has 106 valence electrons. The van der Waals surface area contributed by atoms with E-state index >= 15 is 0 Å². The largest absolute Gasteiger partial charge is 0.303 e. The summed E-state index contributed by atoms with van der Waals surface area (Å²) in [4.78, 5) is 1.53. The molecule has 1 nitrogen and oxygen atoms in total. The Morgan fingerprint density at radius 2 is 2.10 bits per heavy atom. The maximum atomic E-state index is 5.95. The van der Waals surface area contributed by atoms with E-state index in [1.165, 1.54) is 39.1 Å². The minimum Gasteiger partial charge on any atom is -0.303 e. The van der Waals surface area contributed by atoms with Crippen molar-refractivity contribution in [2.24, 2.45) is 0 Å². The second kappa shape index (κ2) is 6.18. The van der Waals surface area contributed by atoms with Crippen molar-refractivity contribution in [3.63, 3.8) is 0 Å². The van der Waals surface area contributed by atoms with Gasteiger partial charge in [0.15, 0.2) is 0 Å². The zero-order valence-electron chi connectivity index (χ0n) is 11.3. The number of rotatable bonds is 3. The maximum absolute atomic E-state index is 5.95. The van der Waals surface area contributed by atoms with Gasteiger partial charge in [-0.2, -0.15) is 0 Å². The Balaban J connectivity index is 1.76. The number of fused-ring (bicyclic) bond motifs is 1. The molecule has 1 aliphatic rings. The molecular weight excluding hydrogens is 354 g/mol. The third-order valence-electron chi connectivity index (χ3n) is 3.90. The molecule has 0 aliphatic heterocycles. The summed E-state index contributed by atoms with van der Waals surface area (Å²) >= 11 is 11.4. The van der Waals surface area contributed by atoms with Crippen molar-refractivity contribution in [1.82, 2.24) is 5.32 Å². The number of hydrogen-bond acceptors (Lipinski definition) is 2. The Morgan fingerprint density at radius 3 is 2.85 bits per heavy atom. The van der Waals surface area contributed by atoms with E-state index in [9.17, 15) is 0 Å². The maximum Gasteiger partial charge on any atom is 0.0704 e. The first-order valence-electron chi connectivity index (χ1n) is 6.93. The van der Waals surface area contributed by atoms with Gasteiger partial charge in [-0.25, -0.2) is 0 Å². The summed E-state index contributed by atoms with van der Waals surface area (Å²) in [7, 11) is 0. The molecule has 1 aliphatic carbocycles. The molecule has 1 N–H and O–H groups in total. The second-order valence-corrected chi connectivity index (χ2v) is 8.27. The van der Waals surface area contributed by atoms with E-state index in [0.717, 1.165) is 5.02 Å². The third kappa shape index (κ3) is 3.11. The summed E-state index contributed by atoms with van der Waals surface area (Å²) in [6.45, 7) is 2.22. The molecule has 3 rings (SSSR count). The highest BCUT2D eigenvalue weighted by atomic mass is 79.9. The van der Waals surface area contributed by atoms with Crippen LogP contribution in [0.25, 0.3) is 0 Å². The van der Waals surface area contributed by atoms with E-state index in [4.69, 9.17) is 11.6 Å². The van der Waals surface area contributed by atoms with Gasteiger partial charge in [-0.15, -0.1) is 11.3 Å². The fourth-order valence-electron chi connectivity index (χ4n) is 2.84. The predicted octanol–water partition coefficient (Wildman–Crippen LogP) is 5.89. The van der Waals surface area contributed by atoms with Gasteiger partial charge in [0.05, 0.1) is 3.79 Å². The van der Waals surface area contributed by atoms with Crippen molar-refractivity contribution in [3.8, 4) is 0 Å². The van der Waals surface area contributed by atoms with Crippen molar-refractivity contribution in [1.29, 1.82) is 0 Å². The van der Waals surface area contributed by atoms with Crippen molar-refractivity contribution < 1.29 is 0 Å². The van der Waals surface area contributed by atoms with Gasteiger partial charge in [-0.3, -0.25) is 0 Å². The van der Waals surface area contributed by atoms with E-state index in [1.54, 1.807) is 0 Å². The van der Waals surface area contributed by atoms with Crippen LogP contribution in [0, 0.1) is 0 Å². The van der Waals surface area contributed by atoms with Crippen LogP contribution in [0.1, 0.15) is 47.9 Å². The van der Waals surface area contributed by atoms with Crippen LogP contribution in [0.3, 0.4) is 0 Å². The zero-order chi connectivity index (χ0) is 14.1. The lowest BCUT2D eigenvalue weighted by atomic mass is 9.93. The van der Waals surface area contributed by atoms with Gasteiger partial charge in [-0.05, 0) is 71.4 Å². The Bertz CT molecular complexity index is 593. The van der Waals surface area contributed by atoms with Gasteiger partial charge in [-0.1, -0.05) is 23.7 Å². The van der Waals surface area contributed by atoms with Gasteiger partial charge in [0.2, 0.25) is 0 Å². The van der Waals surface area contributed by atoms with Gasteiger partial charge in [0.25, 0.3) is 0 Å². The van der Waals surface area contributed by atoms with E-state index in [0.29, 0.717) is 12.1 Å². The Hall–Kier alpha value is -0.350. The summed E-state index contributed by atoms with van der Waals surface area (Å²) in [5.41, 5.74) is 2.77. The lowest BCUT2D eigenvalue weighted by Crippen LogP contribution is -2.27. The van der Waals surface area contributed by atoms with Crippen LogP contribution in [-0.4, -0.2) is 0 Å². The molecule has 2 aromatic rings. The zero-order valence-corrected chi connectivity index (χ0v) is 14.5. The molecule has 0 spiro atoms. The van der Waals surface area contributed by atoms with E-state index in [2.05, 4.69) is 46.4 Å². The van der Waals surface area contributed by atoms with Crippen molar-refractivity contribution >= 4 is 38.9 Å². The van der Waals surface area contributed by atoms with Crippen LogP contribution in [0.5, 0.6) is 0 Å². The monoisotopic (exact) mass is 369 g/mol. The Kier molecular flexibility index (Phi) is 4.51. The fourth-order valence-corrected chi connectivity index (χ4v) is 4.79. The molecule has 1 unspecified atom stereocenters. The molecule has 1 heterocycles. The SMILES string of the molecule is C[C@H](NC1CCCc2sc(Br)cc21)c1ccc(Cl)cc1.